The molecule has 1 saturated heterocycles. The Bertz CT molecular complexity index is 1620. The first-order valence-corrected chi connectivity index (χ1v) is 11.8. The molecule has 0 radical (unpaired) electrons. The Morgan fingerprint density at radius 1 is 1.17 bits per heavy atom. The summed E-state index contributed by atoms with van der Waals surface area (Å²) in [6.45, 7) is 5.62. The molecule has 1 aliphatic rings. The lowest BCUT2D eigenvalue weighted by Gasteiger charge is -2.33. The van der Waals surface area contributed by atoms with Crippen molar-refractivity contribution in [1.82, 2.24) is 23.7 Å². The zero-order valence-corrected chi connectivity index (χ0v) is 20.3. The lowest BCUT2D eigenvalue weighted by atomic mass is 10.1. The minimum Gasteiger partial charge on any atom is -0.356 e. The zero-order chi connectivity index (χ0) is 24.7. The van der Waals surface area contributed by atoms with Crippen LogP contribution in [0.5, 0.6) is 0 Å². The fraction of sp³-hybridized carbons (Fsp3) is 0.385. The largest absolute Gasteiger partial charge is 0.356 e. The van der Waals surface area contributed by atoms with Crippen molar-refractivity contribution in [3.05, 3.63) is 62.7 Å². The van der Waals surface area contributed by atoms with Gasteiger partial charge < -0.3 is 15.2 Å². The maximum absolute atomic E-state index is 13.8. The van der Waals surface area contributed by atoms with Crippen LogP contribution in [0, 0.1) is 18.8 Å². The summed E-state index contributed by atoms with van der Waals surface area (Å²) < 4.78 is 4.71. The highest BCUT2D eigenvalue weighted by atomic mass is 16.2. The molecule has 0 amide bonds. The van der Waals surface area contributed by atoms with Gasteiger partial charge in [0.1, 0.15) is 17.2 Å². The molecule has 0 spiro atoms. The van der Waals surface area contributed by atoms with E-state index in [-0.39, 0.29) is 18.1 Å². The van der Waals surface area contributed by atoms with Crippen LogP contribution in [-0.2, 0) is 20.1 Å². The lowest BCUT2D eigenvalue weighted by Crippen LogP contribution is -2.44. The summed E-state index contributed by atoms with van der Waals surface area (Å²) in [6.07, 6.45) is 3.67. The fourth-order valence-electron chi connectivity index (χ4n) is 5.13. The summed E-state index contributed by atoms with van der Waals surface area (Å²) in [7, 11) is 1.70. The van der Waals surface area contributed by atoms with Gasteiger partial charge in [0, 0.05) is 43.3 Å². The van der Waals surface area contributed by atoms with Gasteiger partial charge in [-0.05, 0) is 32.8 Å². The van der Waals surface area contributed by atoms with Crippen LogP contribution in [0.4, 0.5) is 5.82 Å². The molecule has 0 saturated carbocycles. The van der Waals surface area contributed by atoms with Crippen molar-refractivity contribution in [3.8, 4) is 11.8 Å². The van der Waals surface area contributed by atoms with Gasteiger partial charge in [-0.25, -0.2) is 14.8 Å². The zero-order valence-electron chi connectivity index (χ0n) is 20.3. The topological polar surface area (TPSA) is 104 Å². The summed E-state index contributed by atoms with van der Waals surface area (Å²) in [6, 6.07) is 7.70. The molecule has 5 rings (SSSR count). The van der Waals surface area contributed by atoms with E-state index >= 15 is 0 Å². The van der Waals surface area contributed by atoms with Crippen LogP contribution >= 0.6 is 0 Å². The number of fused-ring (bicyclic) bond motifs is 2. The molecule has 1 aliphatic heterocycles. The highest BCUT2D eigenvalue weighted by Gasteiger charge is 2.27. The van der Waals surface area contributed by atoms with E-state index in [4.69, 9.17) is 5.73 Å². The first-order valence-electron chi connectivity index (χ1n) is 11.8. The SMILES string of the molecule is CC#CCn1c(N2CCC[C@@H](N)C2)c(C)c2c1c(=O)n(Cc1ncc3ccccc3n1)c(=O)n2C. The van der Waals surface area contributed by atoms with Gasteiger partial charge in [-0.15, -0.1) is 5.92 Å². The Labute approximate surface area is 202 Å². The number of nitrogens with zero attached hydrogens (tertiary/aromatic N) is 6. The lowest BCUT2D eigenvalue weighted by molar-refractivity contribution is 0.498. The number of hydrogen-bond donors (Lipinski definition) is 1. The van der Waals surface area contributed by atoms with Gasteiger partial charge in [-0.2, -0.15) is 0 Å². The Kier molecular flexibility index (Phi) is 5.91. The maximum atomic E-state index is 13.8. The number of piperidine rings is 1. The summed E-state index contributed by atoms with van der Waals surface area (Å²) >= 11 is 0. The van der Waals surface area contributed by atoms with E-state index in [0.29, 0.717) is 29.9 Å². The normalized spacial score (nSPS) is 16.0. The van der Waals surface area contributed by atoms with Gasteiger partial charge >= 0.3 is 5.69 Å². The van der Waals surface area contributed by atoms with Gasteiger partial charge in [-0.3, -0.25) is 13.9 Å². The second-order valence-electron chi connectivity index (χ2n) is 9.09. The molecule has 4 aromatic rings. The van der Waals surface area contributed by atoms with E-state index in [1.54, 1.807) is 24.7 Å². The average Bonchev–Trinajstić information content (AvgIpc) is 3.16. The standard InChI is InChI=1S/C26H29N7O2/c1-4-5-13-32-23-22(17(2)24(32)31-12-8-10-19(27)15-31)30(3)26(35)33(25(23)34)16-21-28-14-18-9-6-7-11-20(18)29-21/h6-7,9,11,14,19H,8,10,12-13,15-16,27H2,1-3H3/t19-/m1/s1. The van der Waals surface area contributed by atoms with Crippen molar-refractivity contribution in [3.63, 3.8) is 0 Å². The molecule has 1 atom stereocenters. The van der Waals surface area contributed by atoms with E-state index in [0.717, 1.165) is 41.7 Å². The number of aromatic nitrogens is 5. The van der Waals surface area contributed by atoms with E-state index in [2.05, 4.69) is 26.7 Å². The van der Waals surface area contributed by atoms with Crippen LogP contribution in [0.25, 0.3) is 21.9 Å². The smallest absolute Gasteiger partial charge is 0.331 e. The van der Waals surface area contributed by atoms with E-state index in [1.807, 2.05) is 35.8 Å². The summed E-state index contributed by atoms with van der Waals surface area (Å²) in [5.74, 6) is 7.36. The number of aryl methyl sites for hydroxylation is 2. The Balaban J connectivity index is 1.72. The van der Waals surface area contributed by atoms with Crippen molar-refractivity contribution < 1.29 is 0 Å². The Hall–Kier alpha value is -3.90. The first-order chi connectivity index (χ1) is 16.9. The second-order valence-corrected chi connectivity index (χ2v) is 9.09. The minimum absolute atomic E-state index is 0.0140. The number of hydrogen-bond acceptors (Lipinski definition) is 6. The monoisotopic (exact) mass is 471 g/mol. The van der Waals surface area contributed by atoms with E-state index in [9.17, 15) is 9.59 Å². The molecule has 9 heteroatoms. The number of rotatable bonds is 4. The number of anilines is 1. The third-order valence-electron chi connectivity index (χ3n) is 6.75. The Morgan fingerprint density at radius 3 is 2.74 bits per heavy atom. The summed E-state index contributed by atoms with van der Waals surface area (Å²) in [4.78, 5) is 38.4. The van der Waals surface area contributed by atoms with Crippen LogP contribution in [0.15, 0.2) is 40.1 Å². The third kappa shape index (κ3) is 3.90. The molecule has 4 heterocycles. The van der Waals surface area contributed by atoms with Crippen molar-refractivity contribution in [2.24, 2.45) is 12.8 Å². The van der Waals surface area contributed by atoms with Crippen LogP contribution in [0.2, 0.25) is 0 Å². The molecular formula is C26H29N7O2. The molecule has 3 aromatic heterocycles. The highest BCUT2D eigenvalue weighted by Crippen LogP contribution is 2.31. The summed E-state index contributed by atoms with van der Waals surface area (Å²) in [5.41, 5.74) is 8.25. The predicted molar refractivity (Wildman–Crippen MR) is 138 cm³/mol. The molecule has 1 aromatic carbocycles. The van der Waals surface area contributed by atoms with Crippen molar-refractivity contribution in [1.29, 1.82) is 0 Å². The van der Waals surface area contributed by atoms with Gasteiger partial charge in [0.25, 0.3) is 5.56 Å². The van der Waals surface area contributed by atoms with Crippen LogP contribution in [0.3, 0.4) is 0 Å². The van der Waals surface area contributed by atoms with Crippen molar-refractivity contribution >= 4 is 27.8 Å². The molecule has 0 aliphatic carbocycles. The van der Waals surface area contributed by atoms with Gasteiger partial charge in [0.05, 0.1) is 24.1 Å². The molecule has 1 fully saturated rings. The molecule has 0 unspecified atom stereocenters. The molecule has 35 heavy (non-hydrogen) atoms. The highest BCUT2D eigenvalue weighted by molar-refractivity contribution is 5.86. The first kappa shape index (κ1) is 22.9. The molecule has 0 bridgehead atoms. The molecule has 9 nitrogen and oxygen atoms in total. The van der Waals surface area contributed by atoms with Gasteiger partial charge in [0.2, 0.25) is 0 Å². The molecule has 180 valence electrons. The van der Waals surface area contributed by atoms with E-state index < -0.39 is 5.69 Å². The number of benzene rings is 1. The van der Waals surface area contributed by atoms with Gasteiger partial charge in [0.15, 0.2) is 0 Å². The second kappa shape index (κ2) is 9.04. The maximum Gasteiger partial charge on any atom is 0.331 e. The van der Waals surface area contributed by atoms with E-state index in [1.165, 1.54) is 4.57 Å². The minimum atomic E-state index is -0.400. The van der Waals surface area contributed by atoms with Gasteiger partial charge in [-0.1, -0.05) is 24.1 Å². The van der Waals surface area contributed by atoms with Crippen LogP contribution in [0.1, 0.15) is 31.2 Å². The van der Waals surface area contributed by atoms with Crippen LogP contribution in [-0.4, -0.2) is 42.8 Å². The number of para-hydroxylation sites is 1. The third-order valence-corrected chi connectivity index (χ3v) is 6.75. The Morgan fingerprint density at radius 2 is 1.97 bits per heavy atom. The van der Waals surface area contributed by atoms with Crippen molar-refractivity contribution in [2.45, 2.75) is 45.8 Å². The van der Waals surface area contributed by atoms with Crippen molar-refractivity contribution in [2.75, 3.05) is 18.0 Å². The predicted octanol–water partition coefficient (Wildman–Crippen LogP) is 1.75. The van der Waals surface area contributed by atoms with Crippen LogP contribution < -0.4 is 21.9 Å². The molecular weight excluding hydrogens is 442 g/mol. The average molecular weight is 472 g/mol. The fourth-order valence-corrected chi connectivity index (χ4v) is 5.13. The molecule has 2 N–H and O–H groups in total. The summed E-state index contributed by atoms with van der Waals surface area (Å²) in [5, 5.41) is 0.902. The quantitative estimate of drug-likeness (QED) is 0.455. The number of nitrogens with two attached hydrogens (primary N) is 1.